The van der Waals surface area contributed by atoms with Crippen LogP contribution in [0.1, 0.15) is 43.0 Å². The summed E-state index contributed by atoms with van der Waals surface area (Å²) in [6, 6.07) is 3.42. The Labute approximate surface area is 115 Å². The number of halogens is 1. The molecule has 0 radical (unpaired) electrons. The van der Waals surface area contributed by atoms with E-state index in [-0.39, 0.29) is 11.8 Å². The Hall–Kier alpha value is -0.590. The van der Waals surface area contributed by atoms with Crippen LogP contribution < -0.4 is 0 Å². The van der Waals surface area contributed by atoms with Crippen LogP contribution in [0.15, 0.2) is 12.1 Å². The highest BCUT2D eigenvalue weighted by molar-refractivity contribution is 8.12. The maximum atomic E-state index is 11.3. The van der Waals surface area contributed by atoms with Crippen LogP contribution in [0.4, 0.5) is 0 Å². The molecule has 1 saturated heterocycles. The second-order valence-corrected chi connectivity index (χ2v) is 8.81. The predicted octanol–water partition coefficient (Wildman–Crippen LogP) is 2.80. The van der Waals surface area contributed by atoms with Gasteiger partial charge >= 0.3 is 9.24 Å². The van der Waals surface area contributed by atoms with E-state index in [9.17, 15) is 13.2 Å². The van der Waals surface area contributed by atoms with Crippen molar-refractivity contribution < 1.29 is 13.2 Å². The van der Waals surface area contributed by atoms with Crippen LogP contribution >= 0.6 is 22.0 Å². The van der Waals surface area contributed by atoms with E-state index in [2.05, 4.69) is 20.8 Å². The van der Waals surface area contributed by atoms with Crippen LogP contribution in [0.2, 0.25) is 0 Å². The molecular weight excluding hydrogens is 294 g/mol. The van der Waals surface area contributed by atoms with Gasteiger partial charge in [0.15, 0.2) is 0 Å². The first-order valence-corrected chi connectivity index (χ1v) is 8.56. The molecule has 1 atom stereocenters. The quantitative estimate of drug-likeness (QED) is 0.623. The maximum Gasteiger partial charge on any atom is 0.324 e. The van der Waals surface area contributed by atoms with Gasteiger partial charge in [-0.2, -0.15) is 8.42 Å². The minimum absolute atomic E-state index is 0.0152. The molecular formula is C11H14ClNO3S2. The van der Waals surface area contributed by atoms with Gasteiger partial charge in [-0.3, -0.25) is 4.79 Å². The highest BCUT2D eigenvalue weighted by Gasteiger charge is 2.45. The lowest BCUT2D eigenvalue weighted by atomic mass is 9.95. The standard InChI is InChI=1S/C11H14ClNO3S2/c1-11(2,3)9-5-4-8(17-9)7-6-10(14)13(7)18(12,15)16/h4-5,7H,6H2,1-3H3. The van der Waals surface area contributed by atoms with Gasteiger partial charge in [0.05, 0.1) is 12.5 Å². The van der Waals surface area contributed by atoms with Crippen molar-refractivity contribution in [3.8, 4) is 0 Å². The summed E-state index contributed by atoms with van der Waals surface area (Å²) in [7, 11) is 1.28. The molecule has 18 heavy (non-hydrogen) atoms. The fourth-order valence-electron chi connectivity index (χ4n) is 1.82. The van der Waals surface area contributed by atoms with Crippen molar-refractivity contribution in [1.82, 2.24) is 4.31 Å². The van der Waals surface area contributed by atoms with E-state index in [1.54, 1.807) is 0 Å². The lowest BCUT2D eigenvalue weighted by Crippen LogP contribution is -2.47. The van der Waals surface area contributed by atoms with Crippen molar-refractivity contribution in [3.05, 3.63) is 21.9 Å². The highest BCUT2D eigenvalue weighted by Crippen LogP contribution is 2.42. The van der Waals surface area contributed by atoms with Gasteiger partial charge in [-0.25, -0.2) is 4.31 Å². The molecule has 1 aromatic heterocycles. The molecule has 0 aliphatic carbocycles. The largest absolute Gasteiger partial charge is 0.324 e. The van der Waals surface area contributed by atoms with E-state index < -0.39 is 21.2 Å². The molecule has 4 nitrogen and oxygen atoms in total. The zero-order valence-corrected chi connectivity index (χ0v) is 12.7. The molecule has 1 amide bonds. The summed E-state index contributed by atoms with van der Waals surface area (Å²) in [4.78, 5) is 13.4. The van der Waals surface area contributed by atoms with E-state index in [0.717, 1.165) is 14.1 Å². The monoisotopic (exact) mass is 307 g/mol. The van der Waals surface area contributed by atoms with Gasteiger partial charge < -0.3 is 0 Å². The Morgan fingerprint density at radius 3 is 2.39 bits per heavy atom. The number of amides is 1. The van der Waals surface area contributed by atoms with Crippen molar-refractivity contribution in [1.29, 1.82) is 0 Å². The number of carbonyl (C=O) groups is 1. The number of rotatable bonds is 2. The Morgan fingerprint density at radius 1 is 1.39 bits per heavy atom. The first-order valence-electron chi connectivity index (χ1n) is 5.48. The molecule has 1 unspecified atom stereocenters. The summed E-state index contributed by atoms with van der Waals surface area (Å²) < 4.78 is 23.3. The Bertz CT molecular complexity index is 586. The summed E-state index contributed by atoms with van der Waals surface area (Å²) in [5, 5.41) is 0. The minimum Gasteiger partial charge on any atom is -0.274 e. The fraction of sp³-hybridized carbons (Fsp3) is 0.545. The zero-order valence-electron chi connectivity index (χ0n) is 10.3. The van der Waals surface area contributed by atoms with Gasteiger partial charge in [0.2, 0.25) is 5.91 Å². The lowest BCUT2D eigenvalue weighted by Gasteiger charge is -2.36. The van der Waals surface area contributed by atoms with Gasteiger partial charge in [0.1, 0.15) is 0 Å². The van der Waals surface area contributed by atoms with Gasteiger partial charge in [-0.15, -0.1) is 11.3 Å². The molecule has 0 bridgehead atoms. The van der Waals surface area contributed by atoms with Crippen LogP contribution in [0.25, 0.3) is 0 Å². The van der Waals surface area contributed by atoms with Gasteiger partial charge in [0, 0.05) is 20.4 Å². The number of hydrogen-bond donors (Lipinski definition) is 0. The van der Waals surface area contributed by atoms with Gasteiger partial charge in [-0.1, -0.05) is 20.8 Å². The first kappa shape index (κ1) is 13.8. The van der Waals surface area contributed by atoms with Crippen LogP contribution in [0.3, 0.4) is 0 Å². The summed E-state index contributed by atoms with van der Waals surface area (Å²) in [6.45, 7) is 6.26. The SMILES string of the molecule is CC(C)(C)c1ccc(C2CC(=O)N2S(=O)(=O)Cl)s1. The number of hydrogen-bond acceptors (Lipinski definition) is 4. The third-order valence-electron chi connectivity index (χ3n) is 2.83. The third-order valence-corrected chi connectivity index (χ3v) is 5.81. The molecule has 100 valence electrons. The molecule has 2 rings (SSSR count). The van der Waals surface area contributed by atoms with Crippen molar-refractivity contribution >= 4 is 37.2 Å². The number of β-lactam (4-membered cyclic amide) rings is 1. The number of thiophene rings is 1. The summed E-state index contributed by atoms with van der Waals surface area (Å²) in [5.74, 6) is -0.444. The van der Waals surface area contributed by atoms with Gasteiger partial charge in [-0.05, 0) is 17.5 Å². The molecule has 0 N–H and O–H groups in total. The fourth-order valence-corrected chi connectivity index (χ4v) is 4.38. The maximum absolute atomic E-state index is 11.3. The molecule has 0 aromatic carbocycles. The molecule has 1 fully saturated rings. The Kier molecular flexibility index (Phi) is 3.24. The second-order valence-electron chi connectivity index (χ2n) is 5.30. The van der Waals surface area contributed by atoms with Crippen molar-refractivity contribution in [2.45, 2.75) is 38.6 Å². The summed E-state index contributed by atoms with van der Waals surface area (Å²) in [5.41, 5.74) is 0.0152. The average molecular weight is 308 g/mol. The third kappa shape index (κ3) is 2.41. The summed E-state index contributed by atoms with van der Waals surface area (Å²) in [6.07, 6.45) is 0.204. The Morgan fingerprint density at radius 2 is 2.00 bits per heavy atom. The zero-order chi connectivity index (χ0) is 13.7. The van der Waals surface area contributed by atoms with E-state index in [0.29, 0.717) is 0 Å². The van der Waals surface area contributed by atoms with Crippen LogP contribution in [0, 0.1) is 0 Å². The molecule has 1 aliphatic heterocycles. The van der Waals surface area contributed by atoms with Crippen molar-refractivity contribution in [2.24, 2.45) is 0 Å². The van der Waals surface area contributed by atoms with Crippen molar-refractivity contribution in [3.63, 3.8) is 0 Å². The number of carbonyl (C=O) groups excluding carboxylic acids is 1. The normalized spacial score (nSPS) is 21.0. The topological polar surface area (TPSA) is 54.5 Å². The summed E-state index contributed by atoms with van der Waals surface area (Å²) >= 11 is 1.53. The predicted molar refractivity (Wildman–Crippen MR) is 72.0 cm³/mol. The lowest BCUT2D eigenvalue weighted by molar-refractivity contribution is -0.137. The second kappa shape index (κ2) is 4.21. The molecule has 7 heteroatoms. The molecule has 1 aliphatic rings. The highest BCUT2D eigenvalue weighted by atomic mass is 35.7. The molecule has 2 heterocycles. The van der Waals surface area contributed by atoms with E-state index in [1.807, 2.05) is 12.1 Å². The van der Waals surface area contributed by atoms with E-state index in [4.69, 9.17) is 10.7 Å². The van der Waals surface area contributed by atoms with Crippen LogP contribution in [-0.2, 0) is 19.4 Å². The smallest absolute Gasteiger partial charge is 0.274 e. The van der Waals surface area contributed by atoms with E-state index >= 15 is 0 Å². The minimum atomic E-state index is -3.98. The molecule has 0 saturated carbocycles. The first-order chi connectivity index (χ1) is 8.10. The van der Waals surface area contributed by atoms with Crippen LogP contribution in [0.5, 0.6) is 0 Å². The average Bonchev–Trinajstić information content (AvgIpc) is 2.58. The van der Waals surface area contributed by atoms with E-state index in [1.165, 1.54) is 11.3 Å². The van der Waals surface area contributed by atoms with Crippen LogP contribution in [-0.4, -0.2) is 18.6 Å². The molecule has 1 aromatic rings. The Balaban J connectivity index is 2.29. The molecule has 0 spiro atoms. The van der Waals surface area contributed by atoms with Gasteiger partial charge in [0.25, 0.3) is 0 Å². The number of nitrogens with zero attached hydrogens (tertiary/aromatic N) is 1. The van der Waals surface area contributed by atoms with Crippen molar-refractivity contribution in [2.75, 3.05) is 0 Å².